The summed E-state index contributed by atoms with van der Waals surface area (Å²) in [4.78, 5) is 0. The third-order valence-electron chi connectivity index (χ3n) is 3.12. The molecule has 0 aliphatic rings. The summed E-state index contributed by atoms with van der Waals surface area (Å²) in [6.07, 6.45) is 3.85. The lowest BCUT2D eigenvalue weighted by Gasteiger charge is -2.06. The Hall–Kier alpha value is -1.64. The van der Waals surface area contributed by atoms with Gasteiger partial charge >= 0.3 is 0 Å². The van der Waals surface area contributed by atoms with Crippen LogP contribution in [0.3, 0.4) is 0 Å². The van der Waals surface area contributed by atoms with Crippen LogP contribution in [0.25, 0.3) is 0 Å². The second-order valence-electron chi connectivity index (χ2n) is 4.92. The van der Waals surface area contributed by atoms with Crippen LogP contribution >= 0.6 is 23.2 Å². The third-order valence-corrected chi connectivity index (χ3v) is 3.97. The zero-order valence-electron chi connectivity index (χ0n) is 12.6. The lowest BCUT2D eigenvalue weighted by atomic mass is 10.2. The molecule has 0 aromatic heterocycles. The Morgan fingerprint density at radius 1 is 0.773 bits per heavy atom. The van der Waals surface area contributed by atoms with E-state index in [1.54, 1.807) is 0 Å². The average Bonchev–Trinajstić information content (AvgIpc) is 2.50. The van der Waals surface area contributed by atoms with E-state index in [2.05, 4.69) is 0 Å². The number of rotatable bonds is 6. The van der Waals surface area contributed by atoms with Gasteiger partial charge in [-0.25, -0.2) is 0 Å². The fourth-order valence-corrected chi connectivity index (χ4v) is 2.07. The summed E-state index contributed by atoms with van der Waals surface area (Å²) in [5, 5.41) is 1.49. The summed E-state index contributed by atoms with van der Waals surface area (Å²) in [6.45, 7) is 4.88. The Kier molecular flexibility index (Phi) is 6.17. The normalized spacial score (nSPS) is 10.9. The largest absolute Gasteiger partial charge is 0.490 e. The van der Waals surface area contributed by atoms with Crippen molar-refractivity contribution in [3.05, 3.63) is 69.7 Å². The molecule has 0 unspecified atom stereocenters. The van der Waals surface area contributed by atoms with Crippen LogP contribution in [0.15, 0.2) is 48.6 Å². The van der Waals surface area contributed by atoms with Crippen molar-refractivity contribution >= 4 is 23.2 Å². The van der Waals surface area contributed by atoms with Crippen LogP contribution in [0.5, 0.6) is 11.5 Å². The van der Waals surface area contributed by atoms with Crippen LogP contribution in [0.2, 0.25) is 10.0 Å². The Morgan fingerprint density at radius 3 is 1.55 bits per heavy atom. The Bertz CT molecular complexity index is 609. The molecule has 0 bridgehead atoms. The predicted octanol–water partition coefficient (Wildman–Crippen LogP) is 5.62. The molecule has 2 aromatic rings. The van der Waals surface area contributed by atoms with Gasteiger partial charge in [0.05, 0.1) is 0 Å². The molecule has 0 saturated carbocycles. The molecule has 0 fully saturated rings. The molecule has 2 aromatic carbocycles. The van der Waals surface area contributed by atoms with E-state index < -0.39 is 0 Å². The van der Waals surface area contributed by atoms with Crippen LogP contribution in [-0.4, -0.2) is 13.2 Å². The molecule has 0 heterocycles. The van der Waals surface area contributed by atoms with Crippen molar-refractivity contribution in [2.45, 2.75) is 13.8 Å². The maximum atomic E-state index is 5.97. The first-order valence-corrected chi connectivity index (χ1v) is 7.75. The van der Waals surface area contributed by atoms with E-state index in [4.69, 9.17) is 32.7 Å². The molecule has 0 spiro atoms. The van der Waals surface area contributed by atoms with Gasteiger partial charge in [-0.3, -0.25) is 0 Å². The average molecular weight is 337 g/mol. The molecule has 2 nitrogen and oxygen atoms in total. The Labute approximate surface area is 141 Å². The van der Waals surface area contributed by atoms with Gasteiger partial charge in [-0.15, -0.1) is 0 Å². The molecule has 4 heteroatoms. The minimum atomic E-state index is 0.490. The fourth-order valence-electron chi connectivity index (χ4n) is 1.84. The van der Waals surface area contributed by atoms with Gasteiger partial charge in [-0.1, -0.05) is 23.2 Å². The number of aryl methyl sites for hydroxylation is 2. The summed E-state index contributed by atoms with van der Waals surface area (Å²) < 4.78 is 11.2. The van der Waals surface area contributed by atoms with E-state index in [0.717, 1.165) is 32.7 Å². The molecule has 0 N–H and O–H groups in total. The minimum Gasteiger partial charge on any atom is -0.490 e. The highest BCUT2D eigenvalue weighted by atomic mass is 35.5. The van der Waals surface area contributed by atoms with Gasteiger partial charge in [0.25, 0.3) is 0 Å². The first-order valence-electron chi connectivity index (χ1n) is 6.99. The molecular weight excluding hydrogens is 319 g/mol. The van der Waals surface area contributed by atoms with E-state index in [9.17, 15) is 0 Å². The maximum Gasteiger partial charge on any atom is 0.120 e. The van der Waals surface area contributed by atoms with Crippen molar-refractivity contribution in [1.82, 2.24) is 0 Å². The molecule has 0 saturated heterocycles. The quantitative estimate of drug-likeness (QED) is 0.637. The highest BCUT2D eigenvalue weighted by Gasteiger charge is 1.98. The van der Waals surface area contributed by atoms with Gasteiger partial charge in [0.1, 0.15) is 24.7 Å². The third kappa shape index (κ3) is 4.97. The van der Waals surface area contributed by atoms with E-state index in [1.165, 1.54) is 0 Å². The van der Waals surface area contributed by atoms with Gasteiger partial charge in [0.15, 0.2) is 0 Å². The second kappa shape index (κ2) is 8.11. The van der Waals surface area contributed by atoms with Crippen LogP contribution in [-0.2, 0) is 0 Å². The summed E-state index contributed by atoms with van der Waals surface area (Å²) in [5.74, 6) is 1.61. The van der Waals surface area contributed by atoms with Gasteiger partial charge in [-0.2, -0.15) is 0 Å². The topological polar surface area (TPSA) is 18.5 Å². The van der Waals surface area contributed by atoms with Crippen molar-refractivity contribution in [2.24, 2.45) is 0 Å². The Balaban J connectivity index is 1.74. The van der Waals surface area contributed by atoms with Crippen molar-refractivity contribution in [3.8, 4) is 11.5 Å². The monoisotopic (exact) mass is 336 g/mol. The van der Waals surface area contributed by atoms with Crippen LogP contribution in [0, 0.1) is 13.8 Å². The Morgan fingerprint density at radius 2 is 1.18 bits per heavy atom. The fraction of sp³-hybridized carbons (Fsp3) is 0.222. The zero-order chi connectivity index (χ0) is 15.9. The smallest absolute Gasteiger partial charge is 0.120 e. The number of benzene rings is 2. The molecule has 0 atom stereocenters. The van der Waals surface area contributed by atoms with E-state index in [1.807, 2.05) is 62.4 Å². The lowest BCUT2D eigenvalue weighted by molar-refractivity contribution is 0.350. The van der Waals surface area contributed by atoms with E-state index >= 15 is 0 Å². The minimum absolute atomic E-state index is 0.490. The highest BCUT2D eigenvalue weighted by molar-refractivity contribution is 6.31. The van der Waals surface area contributed by atoms with Crippen LogP contribution in [0.1, 0.15) is 11.1 Å². The number of hydrogen-bond donors (Lipinski definition) is 0. The van der Waals surface area contributed by atoms with Crippen molar-refractivity contribution in [2.75, 3.05) is 13.2 Å². The number of ether oxygens (including phenoxy) is 2. The number of halogens is 2. The summed E-state index contributed by atoms with van der Waals surface area (Å²) in [5.41, 5.74) is 2.01. The van der Waals surface area contributed by atoms with Crippen molar-refractivity contribution < 1.29 is 9.47 Å². The number of hydrogen-bond acceptors (Lipinski definition) is 2. The van der Waals surface area contributed by atoms with Gasteiger partial charge in [0.2, 0.25) is 0 Å². The molecule has 0 radical (unpaired) electrons. The van der Waals surface area contributed by atoms with Gasteiger partial charge in [0, 0.05) is 10.0 Å². The van der Waals surface area contributed by atoms with Crippen LogP contribution in [0.4, 0.5) is 0 Å². The molecular formula is C18H18Cl2O2. The van der Waals surface area contributed by atoms with Crippen molar-refractivity contribution in [3.63, 3.8) is 0 Å². The van der Waals surface area contributed by atoms with Crippen LogP contribution < -0.4 is 9.47 Å². The summed E-state index contributed by atoms with van der Waals surface area (Å²) >= 11 is 11.9. The molecule has 0 aliphatic heterocycles. The van der Waals surface area contributed by atoms with Crippen molar-refractivity contribution in [1.29, 1.82) is 0 Å². The maximum absolute atomic E-state index is 5.97. The molecule has 0 amide bonds. The highest BCUT2D eigenvalue weighted by Crippen LogP contribution is 2.21. The summed E-state index contributed by atoms with van der Waals surface area (Å²) in [7, 11) is 0. The molecule has 0 aliphatic carbocycles. The SMILES string of the molecule is Cc1cc(OCC=CCOc2ccc(Cl)c(C)c2)ccc1Cl. The first kappa shape index (κ1) is 16.7. The molecule has 22 heavy (non-hydrogen) atoms. The van der Waals surface area contributed by atoms with Gasteiger partial charge in [-0.05, 0) is 73.5 Å². The standard InChI is InChI=1S/C18H18Cl2O2/c1-13-11-15(5-7-17(13)19)21-9-3-4-10-22-16-6-8-18(20)14(2)12-16/h3-8,11-12H,9-10H2,1-2H3. The zero-order valence-corrected chi connectivity index (χ0v) is 14.1. The second-order valence-corrected chi connectivity index (χ2v) is 5.73. The first-order chi connectivity index (χ1) is 10.6. The lowest BCUT2D eigenvalue weighted by Crippen LogP contribution is -1.97. The predicted molar refractivity (Wildman–Crippen MR) is 92.5 cm³/mol. The molecule has 116 valence electrons. The van der Waals surface area contributed by atoms with E-state index in [-0.39, 0.29) is 0 Å². The summed E-state index contributed by atoms with van der Waals surface area (Å²) in [6, 6.07) is 11.2. The molecule has 2 rings (SSSR count). The van der Waals surface area contributed by atoms with Gasteiger partial charge < -0.3 is 9.47 Å². The van der Waals surface area contributed by atoms with E-state index in [0.29, 0.717) is 13.2 Å².